The van der Waals surface area contributed by atoms with Crippen molar-refractivity contribution in [2.45, 2.75) is 39.8 Å². The van der Waals surface area contributed by atoms with E-state index in [0.29, 0.717) is 17.8 Å². The van der Waals surface area contributed by atoms with Crippen molar-refractivity contribution < 1.29 is 9.53 Å². The lowest BCUT2D eigenvalue weighted by molar-refractivity contribution is -0.115. The van der Waals surface area contributed by atoms with E-state index in [4.69, 9.17) is 15.9 Å². The van der Waals surface area contributed by atoms with Gasteiger partial charge in [0.05, 0.1) is 12.6 Å². The molecule has 0 spiro atoms. The Kier molecular flexibility index (Phi) is 9.95. The molecule has 7 heteroatoms. The number of anilines is 2. The number of amides is 1. The second-order valence-electron chi connectivity index (χ2n) is 8.23. The first-order chi connectivity index (χ1) is 15.8. The summed E-state index contributed by atoms with van der Waals surface area (Å²) in [5, 5.41) is 10.7. The molecule has 6 nitrogen and oxygen atoms in total. The van der Waals surface area contributed by atoms with E-state index in [0.717, 1.165) is 23.4 Å². The second-order valence-corrected chi connectivity index (χ2v) is 8.23. The van der Waals surface area contributed by atoms with Gasteiger partial charge in [-0.1, -0.05) is 43.3 Å². The number of nitrogens with zero attached hydrogens (tertiary/aromatic N) is 1. The lowest BCUT2D eigenvalue weighted by atomic mass is 10.1. The lowest BCUT2D eigenvalue weighted by Gasteiger charge is -2.25. The number of nitrogens with one attached hydrogen (secondary N) is 2. The van der Waals surface area contributed by atoms with Gasteiger partial charge >= 0.3 is 0 Å². The maximum absolute atomic E-state index is 12.9. The molecule has 0 saturated heterocycles. The van der Waals surface area contributed by atoms with E-state index in [1.165, 1.54) is 5.56 Å². The zero-order valence-electron chi connectivity index (χ0n) is 19.9. The third-order valence-corrected chi connectivity index (χ3v) is 5.17. The summed E-state index contributed by atoms with van der Waals surface area (Å²) in [6.45, 7) is 6.78. The fourth-order valence-corrected chi connectivity index (χ4v) is 3.47. The predicted octanol–water partition coefficient (Wildman–Crippen LogP) is 5.39. The summed E-state index contributed by atoms with van der Waals surface area (Å²) in [5.41, 5.74) is 10.2. The van der Waals surface area contributed by atoms with Crippen LogP contribution in [0.25, 0.3) is 0 Å². The normalized spacial score (nSPS) is 10.4. The van der Waals surface area contributed by atoms with Crippen LogP contribution >= 0.6 is 12.4 Å². The van der Waals surface area contributed by atoms with Crippen molar-refractivity contribution in [1.29, 1.82) is 5.41 Å². The minimum absolute atomic E-state index is 0. The number of rotatable bonds is 10. The highest BCUT2D eigenvalue weighted by Gasteiger charge is 2.14. The molecule has 0 aliphatic heterocycles. The Hall–Kier alpha value is -3.51. The monoisotopic (exact) mass is 480 g/mol. The molecule has 0 saturated carbocycles. The molecule has 0 atom stereocenters. The Bertz CT molecular complexity index is 1080. The second kappa shape index (κ2) is 12.7. The molecule has 3 rings (SSSR count). The predicted molar refractivity (Wildman–Crippen MR) is 142 cm³/mol. The van der Waals surface area contributed by atoms with Gasteiger partial charge in [0.25, 0.3) is 0 Å². The SMILES string of the molecule is CCc1ccc(CN(CC(=O)Nc2ccc(OC(C)C)cc2)c2cccc(C(=N)N)c2)cc1.Cl. The first-order valence-electron chi connectivity index (χ1n) is 11.2. The lowest BCUT2D eigenvalue weighted by Crippen LogP contribution is -2.33. The van der Waals surface area contributed by atoms with Gasteiger partial charge in [-0.15, -0.1) is 12.4 Å². The first-order valence-corrected chi connectivity index (χ1v) is 11.2. The minimum atomic E-state index is -0.133. The number of ether oxygens (including phenoxy) is 1. The molecule has 34 heavy (non-hydrogen) atoms. The van der Waals surface area contributed by atoms with Gasteiger partial charge in [0.15, 0.2) is 0 Å². The van der Waals surface area contributed by atoms with Gasteiger partial charge in [-0.3, -0.25) is 10.2 Å². The highest BCUT2D eigenvalue weighted by molar-refractivity contribution is 5.97. The number of halogens is 1. The van der Waals surface area contributed by atoms with Crippen molar-refractivity contribution in [3.05, 3.63) is 89.5 Å². The van der Waals surface area contributed by atoms with Crippen LogP contribution in [0.3, 0.4) is 0 Å². The van der Waals surface area contributed by atoms with Crippen LogP contribution in [0.15, 0.2) is 72.8 Å². The Morgan fingerprint density at radius 2 is 1.68 bits per heavy atom. The summed E-state index contributed by atoms with van der Waals surface area (Å²) in [7, 11) is 0. The number of hydrogen-bond acceptors (Lipinski definition) is 4. The minimum Gasteiger partial charge on any atom is -0.491 e. The highest BCUT2D eigenvalue weighted by Crippen LogP contribution is 2.21. The molecule has 0 aliphatic rings. The number of amidine groups is 1. The zero-order valence-corrected chi connectivity index (χ0v) is 20.7. The molecule has 3 aromatic rings. The van der Waals surface area contributed by atoms with Crippen LogP contribution in [0.5, 0.6) is 5.75 Å². The Morgan fingerprint density at radius 1 is 1.03 bits per heavy atom. The molecule has 4 N–H and O–H groups in total. The van der Waals surface area contributed by atoms with Gasteiger partial charge in [0.2, 0.25) is 5.91 Å². The van der Waals surface area contributed by atoms with E-state index in [2.05, 4.69) is 36.5 Å². The van der Waals surface area contributed by atoms with Crippen molar-refractivity contribution in [2.24, 2.45) is 5.73 Å². The van der Waals surface area contributed by atoms with Crippen molar-refractivity contribution in [1.82, 2.24) is 0 Å². The van der Waals surface area contributed by atoms with Crippen molar-refractivity contribution in [3.8, 4) is 5.75 Å². The maximum Gasteiger partial charge on any atom is 0.243 e. The molecule has 0 aliphatic carbocycles. The summed E-state index contributed by atoms with van der Waals surface area (Å²) in [6, 6.07) is 23.2. The number of nitrogen functional groups attached to an aromatic ring is 1. The Balaban J connectivity index is 0.00000408. The fraction of sp³-hybridized carbons (Fsp3) is 0.259. The van der Waals surface area contributed by atoms with E-state index in [9.17, 15) is 4.79 Å². The van der Waals surface area contributed by atoms with Gasteiger partial charge < -0.3 is 20.7 Å². The number of aryl methyl sites for hydroxylation is 1. The summed E-state index contributed by atoms with van der Waals surface area (Å²) in [5.74, 6) is 0.629. The molecule has 0 radical (unpaired) electrons. The standard InChI is InChI=1S/C27H32N4O2.ClH/c1-4-20-8-10-21(11-9-20)17-31(24-7-5-6-22(16-24)27(28)29)18-26(32)30-23-12-14-25(15-13-23)33-19(2)3;/h5-16,19H,4,17-18H2,1-3H3,(H3,28,29)(H,30,32);1H. The highest BCUT2D eigenvalue weighted by atomic mass is 35.5. The Morgan fingerprint density at radius 3 is 2.26 bits per heavy atom. The van der Waals surface area contributed by atoms with Crippen molar-refractivity contribution in [2.75, 3.05) is 16.8 Å². The van der Waals surface area contributed by atoms with Gasteiger partial charge in [0, 0.05) is 23.5 Å². The van der Waals surface area contributed by atoms with E-state index in [1.54, 1.807) is 6.07 Å². The third-order valence-electron chi connectivity index (χ3n) is 5.17. The average Bonchev–Trinajstić information content (AvgIpc) is 2.80. The molecule has 0 fully saturated rings. The summed E-state index contributed by atoms with van der Waals surface area (Å²) >= 11 is 0. The van der Waals surface area contributed by atoms with Gasteiger partial charge in [-0.25, -0.2) is 0 Å². The van der Waals surface area contributed by atoms with Crippen LogP contribution in [0, 0.1) is 5.41 Å². The molecule has 0 bridgehead atoms. The van der Waals surface area contributed by atoms with Gasteiger partial charge in [0.1, 0.15) is 11.6 Å². The molecule has 180 valence electrons. The summed E-state index contributed by atoms with van der Waals surface area (Å²) < 4.78 is 5.66. The number of carbonyl (C=O) groups is 1. The molecular formula is C27H33ClN4O2. The molecule has 3 aromatic carbocycles. The largest absolute Gasteiger partial charge is 0.491 e. The molecule has 0 unspecified atom stereocenters. The number of carbonyl (C=O) groups excluding carboxylic acids is 1. The molecule has 1 amide bonds. The number of hydrogen-bond donors (Lipinski definition) is 3. The van der Waals surface area contributed by atoms with E-state index in [-0.39, 0.29) is 36.8 Å². The zero-order chi connectivity index (χ0) is 23.8. The number of benzene rings is 3. The van der Waals surface area contributed by atoms with E-state index in [1.807, 2.05) is 61.2 Å². The smallest absolute Gasteiger partial charge is 0.243 e. The quantitative estimate of drug-likeness (QED) is 0.268. The van der Waals surface area contributed by atoms with Gasteiger partial charge in [-0.2, -0.15) is 0 Å². The summed E-state index contributed by atoms with van der Waals surface area (Å²) in [6.07, 6.45) is 1.07. The van der Waals surface area contributed by atoms with Crippen LogP contribution in [0.2, 0.25) is 0 Å². The van der Waals surface area contributed by atoms with E-state index < -0.39 is 0 Å². The van der Waals surface area contributed by atoms with Crippen LogP contribution < -0.4 is 20.7 Å². The molecule has 0 heterocycles. The molecule has 0 aromatic heterocycles. The third kappa shape index (κ3) is 7.81. The van der Waals surface area contributed by atoms with Gasteiger partial charge in [-0.05, 0) is 67.8 Å². The first kappa shape index (κ1) is 26.7. The average molecular weight is 481 g/mol. The number of nitrogens with two attached hydrogens (primary N) is 1. The van der Waals surface area contributed by atoms with Crippen LogP contribution in [0.4, 0.5) is 11.4 Å². The molecular weight excluding hydrogens is 448 g/mol. The van der Waals surface area contributed by atoms with Crippen LogP contribution in [-0.4, -0.2) is 24.4 Å². The van der Waals surface area contributed by atoms with Crippen molar-refractivity contribution >= 4 is 35.5 Å². The van der Waals surface area contributed by atoms with Crippen LogP contribution in [0.1, 0.15) is 37.5 Å². The maximum atomic E-state index is 12.9. The van der Waals surface area contributed by atoms with Crippen LogP contribution in [-0.2, 0) is 17.8 Å². The topological polar surface area (TPSA) is 91.4 Å². The fourth-order valence-electron chi connectivity index (χ4n) is 3.47. The Labute approximate surface area is 208 Å². The van der Waals surface area contributed by atoms with Crippen molar-refractivity contribution in [3.63, 3.8) is 0 Å². The van der Waals surface area contributed by atoms with E-state index >= 15 is 0 Å². The summed E-state index contributed by atoms with van der Waals surface area (Å²) in [4.78, 5) is 14.9.